The molecule has 0 aromatic heterocycles. The fourth-order valence-electron chi connectivity index (χ4n) is 3.93. The number of amides is 2. The minimum absolute atomic E-state index is 0.285. The minimum atomic E-state index is -0.691. The quantitative estimate of drug-likeness (QED) is 0.524. The lowest BCUT2D eigenvalue weighted by Gasteiger charge is -2.35. The van der Waals surface area contributed by atoms with Crippen LogP contribution in [0.4, 0.5) is 4.79 Å². The summed E-state index contributed by atoms with van der Waals surface area (Å²) in [6.45, 7) is 2.49. The Morgan fingerprint density at radius 2 is 1.52 bits per heavy atom. The highest BCUT2D eigenvalue weighted by atomic mass is 16.5. The number of para-hydroxylation sites is 1. The van der Waals surface area contributed by atoms with E-state index in [1.165, 1.54) is 7.11 Å². The number of carbonyl (C=O) groups excluding carboxylic acids is 2. The number of rotatable bonds is 7. The lowest BCUT2D eigenvalue weighted by Crippen LogP contribution is -2.47. The Kier molecular flexibility index (Phi) is 6.74. The van der Waals surface area contributed by atoms with Gasteiger partial charge in [0.15, 0.2) is 0 Å². The molecule has 3 aromatic rings. The second-order valence-corrected chi connectivity index (χ2v) is 7.76. The zero-order valence-corrected chi connectivity index (χ0v) is 18.7. The van der Waals surface area contributed by atoms with Crippen LogP contribution in [0.2, 0.25) is 0 Å². The van der Waals surface area contributed by atoms with Gasteiger partial charge in [-0.3, -0.25) is 4.90 Å². The number of nitrogens with one attached hydrogen (secondary N) is 1. The number of allylic oxidation sites excluding steroid dienone is 1. The Bertz CT molecular complexity index is 1160. The Morgan fingerprint density at radius 3 is 2.18 bits per heavy atom. The summed E-state index contributed by atoms with van der Waals surface area (Å²) in [7, 11) is 1.34. The Labute approximate surface area is 193 Å². The van der Waals surface area contributed by atoms with E-state index in [1.807, 2.05) is 84.9 Å². The van der Waals surface area contributed by atoms with Crippen molar-refractivity contribution in [1.82, 2.24) is 10.2 Å². The smallest absolute Gasteiger partial charge is 0.337 e. The molecule has 1 aliphatic heterocycles. The molecule has 0 radical (unpaired) electrons. The zero-order valence-electron chi connectivity index (χ0n) is 18.7. The summed E-state index contributed by atoms with van der Waals surface area (Å²) in [5.74, 6) is 0.103. The number of nitrogens with zero attached hydrogens (tertiary/aromatic N) is 1. The molecule has 0 spiro atoms. The Morgan fingerprint density at radius 1 is 0.909 bits per heavy atom. The standard InChI is InChI=1S/C27H26N2O4/c1-19-24(26(30)32-2)25(28-27(31)29(19)17-20-11-5-3-6-12-20)22-15-9-10-16-23(22)33-18-21-13-7-4-8-14-21/h3-16,25H,17-18H2,1-2H3,(H,28,31). The third-order valence-corrected chi connectivity index (χ3v) is 5.65. The van der Waals surface area contributed by atoms with E-state index >= 15 is 0 Å². The van der Waals surface area contributed by atoms with Gasteiger partial charge in [-0.05, 0) is 24.1 Å². The van der Waals surface area contributed by atoms with Crippen molar-refractivity contribution in [2.45, 2.75) is 26.1 Å². The molecule has 0 aliphatic carbocycles. The molecule has 1 N–H and O–H groups in total. The SMILES string of the molecule is COC(=O)C1=C(C)N(Cc2ccccc2)C(=O)NC1c1ccccc1OCc1ccccc1. The van der Waals surface area contributed by atoms with E-state index in [-0.39, 0.29) is 6.03 Å². The molecule has 4 rings (SSSR count). The van der Waals surface area contributed by atoms with Gasteiger partial charge in [0, 0.05) is 11.3 Å². The van der Waals surface area contributed by atoms with Gasteiger partial charge in [-0.15, -0.1) is 0 Å². The van der Waals surface area contributed by atoms with Crippen molar-refractivity contribution in [2.75, 3.05) is 7.11 Å². The van der Waals surface area contributed by atoms with Crippen LogP contribution in [-0.4, -0.2) is 24.0 Å². The number of urea groups is 1. The average molecular weight is 443 g/mol. The molecule has 168 valence electrons. The number of benzene rings is 3. The van der Waals surface area contributed by atoms with Crippen LogP contribution in [0.5, 0.6) is 5.75 Å². The Balaban J connectivity index is 1.68. The molecule has 3 aromatic carbocycles. The van der Waals surface area contributed by atoms with Gasteiger partial charge in [-0.1, -0.05) is 78.9 Å². The number of hydrogen-bond donors (Lipinski definition) is 1. The van der Waals surface area contributed by atoms with E-state index in [0.717, 1.165) is 11.1 Å². The van der Waals surface area contributed by atoms with E-state index in [0.29, 0.717) is 35.7 Å². The van der Waals surface area contributed by atoms with E-state index in [9.17, 15) is 9.59 Å². The summed E-state index contributed by atoms with van der Waals surface area (Å²) in [4.78, 5) is 27.5. The van der Waals surface area contributed by atoms with Gasteiger partial charge >= 0.3 is 12.0 Å². The van der Waals surface area contributed by atoms with Gasteiger partial charge in [0.25, 0.3) is 0 Å². The fraction of sp³-hybridized carbons (Fsp3) is 0.185. The molecular weight excluding hydrogens is 416 g/mol. The molecule has 0 saturated carbocycles. The second-order valence-electron chi connectivity index (χ2n) is 7.76. The highest BCUT2D eigenvalue weighted by molar-refractivity contribution is 5.95. The zero-order chi connectivity index (χ0) is 23.2. The molecule has 1 unspecified atom stereocenters. The molecule has 6 heteroatoms. The molecule has 6 nitrogen and oxygen atoms in total. The number of carbonyl (C=O) groups is 2. The van der Waals surface area contributed by atoms with Gasteiger partial charge in [0.2, 0.25) is 0 Å². The Hall–Kier alpha value is -4.06. The van der Waals surface area contributed by atoms with Crippen LogP contribution in [0.15, 0.2) is 96.2 Å². The molecule has 1 heterocycles. The molecule has 2 amide bonds. The minimum Gasteiger partial charge on any atom is -0.489 e. The molecule has 0 bridgehead atoms. The number of esters is 1. The molecule has 0 saturated heterocycles. The van der Waals surface area contributed by atoms with Crippen LogP contribution in [0, 0.1) is 0 Å². The van der Waals surface area contributed by atoms with Crippen LogP contribution in [-0.2, 0) is 22.7 Å². The molecule has 1 aliphatic rings. The molecule has 1 atom stereocenters. The van der Waals surface area contributed by atoms with Crippen LogP contribution in [0.1, 0.15) is 29.7 Å². The topological polar surface area (TPSA) is 67.9 Å². The number of methoxy groups -OCH3 is 1. The normalized spacial score (nSPS) is 15.8. The first-order valence-corrected chi connectivity index (χ1v) is 10.7. The number of ether oxygens (including phenoxy) is 2. The van der Waals surface area contributed by atoms with E-state index in [4.69, 9.17) is 9.47 Å². The van der Waals surface area contributed by atoms with Crippen molar-refractivity contribution in [3.63, 3.8) is 0 Å². The lowest BCUT2D eigenvalue weighted by molar-refractivity contribution is -0.136. The van der Waals surface area contributed by atoms with E-state index in [2.05, 4.69) is 5.32 Å². The van der Waals surface area contributed by atoms with Crippen LogP contribution >= 0.6 is 0 Å². The van der Waals surface area contributed by atoms with E-state index < -0.39 is 12.0 Å². The maximum Gasteiger partial charge on any atom is 0.337 e. The number of hydrogen-bond acceptors (Lipinski definition) is 4. The predicted molar refractivity (Wildman–Crippen MR) is 125 cm³/mol. The lowest BCUT2D eigenvalue weighted by atomic mass is 9.94. The third-order valence-electron chi connectivity index (χ3n) is 5.65. The summed E-state index contributed by atoms with van der Waals surface area (Å²) >= 11 is 0. The van der Waals surface area contributed by atoms with Crippen molar-refractivity contribution in [3.05, 3.63) is 113 Å². The summed E-state index contributed by atoms with van der Waals surface area (Å²) in [6, 6.07) is 25.9. The maximum atomic E-state index is 13.1. The fourth-order valence-corrected chi connectivity index (χ4v) is 3.93. The van der Waals surface area contributed by atoms with Crippen LogP contribution < -0.4 is 10.1 Å². The summed E-state index contributed by atoms with van der Waals surface area (Å²) in [6.07, 6.45) is 0. The highest BCUT2D eigenvalue weighted by Gasteiger charge is 2.37. The molecular formula is C27H26N2O4. The second kappa shape index (κ2) is 10.0. The van der Waals surface area contributed by atoms with E-state index in [1.54, 1.807) is 11.8 Å². The molecule has 33 heavy (non-hydrogen) atoms. The van der Waals surface area contributed by atoms with Gasteiger partial charge < -0.3 is 14.8 Å². The third kappa shape index (κ3) is 4.90. The van der Waals surface area contributed by atoms with Crippen molar-refractivity contribution < 1.29 is 19.1 Å². The summed E-state index contributed by atoms with van der Waals surface area (Å²) in [5.41, 5.74) is 3.61. The van der Waals surface area contributed by atoms with Crippen LogP contribution in [0.3, 0.4) is 0 Å². The summed E-state index contributed by atoms with van der Waals surface area (Å²) < 4.78 is 11.2. The first kappa shape index (κ1) is 22.1. The van der Waals surface area contributed by atoms with Crippen molar-refractivity contribution >= 4 is 12.0 Å². The molecule has 0 fully saturated rings. The van der Waals surface area contributed by atoms with Crippen LogP contribution in [0.25, 0.3) is 0 Å². The van der Waals surface area contributed by atoms with Crippen molar-refractivity contribution in [1.29, 1.82) is 0 Å². The monoisotopic (exact) mass is 442 g/mol. The van der Waals surface area contributed by atoms with Crippen molar-refractivity contribution in [2.24, 2.45) is 0 Å². The average Bonchev–Trinajstić information content (AvgIpc) is 2.86. The maximum absolute atomic E-state index is 13.1. The van der Waals surface area contributed by atoms with Gasteiger partial charge in [-0.2, -0.15) is 0 Å². The predicted octanol–water partition coefficient (Wildman–Crippen LogP) is 4.98. The summed E-state index contributed by atoms with van der Waals surface area (Å²) in [5, 5.41) is 2.99. The first-order chi connectivity index (χ1) is 16.1. The highest BCUT2D eigenvalue weighted by Crippen LogP contribution is 2.36. The van der Waals surface area contributed by atoms with Gasteiger partial charge in [0.1, 0.15) is 12.4 Å². The van der Waals surface area contributed by atoms with Gasteiger partial charge in [0.05, 0.1) is 25.3 Å². The first-order valence-electron chi connectivity index (χ1n) is 10.7. The largest absolute Gasteiger partial charge is 0.489 e. The van der Waals surface area contributed by atoms with Crippen molar-refractivity contribution in [3.8, 4) is 5.75 Å². The van der Waals surface area contributed by atoms with Gasteiger partial charge in [-0.25, -0.2) is 9.59 Å².